The lowest BCUT2D eigenvalue weighted by atomic mass is 10.1. The van der Waals surface area contributed by atoms with E-state index in [2.05, 4.69) is 27.2 Å². The Bertz CT molecular complexity index is 615. The quantitative estimate of drug-likeness (QED) is 0.445. The fourth-order valence-corrected chi connectivity index (χ4v) is 2.07. The molecule has 0 fully saturated rings. The van der Waals surface area contributed by atoms with E-state index in [9.17, 15) is 4.39 Å². The largest absolute Gasteiger partial charge is 0.361 e. The predicted octanol–water partition coefficient (Wildman–Crippen LogP) is 2.20. The highest BCUT2D eigenvalue weighted by molar-refractivity contribution is 5.83. The smallest absolute Gasteiger partial charge is 0.191 e. The summed E-state index contributed by atoms with van der Waals surface area (Å²) in [7, 11) is 1.73. The third-order valence-corrected chi connectivity index (χ3v) is 3.05. The van der Waals surface area contributed by atoms with Crippen molar-refractivity contribution >= 4 is 16.9 Å². The molecule has 0 saturated heterocycles. The molecule has 4 nitrogen and oxygen atoms in total. The minimum atomic E-state index is -0.224. The maximum absolute atomic E-state index is 13.1. The van der Waals surface area contributed by atoms with E-state index in [0.29, 0.717) is 6.54 Å². The van der Waals surface area contributed by atoms with Crippen LogP contribution in [0.1, 0.15) is 5.56 Å². The number of hydrogen-bond donors (Lipinski definition) is 3. The molecule has 0 unspecified atom stereocenters. The Kier molecular flexibility index (Phi) is 4.76. The van der Waals surface area contributed by atoms with Crippen molar-refractivity contribution in [1.82, 2.24) is 15.6 Å². The first-order valence-electron chi connectivity index (χ1n) is 6.55. The summed E-state index contributed by atoms with van der Waals surface area (Å²) >= 11 is 0. The molecule has 0 spiro atoms. The summed E-state index contributed by atoms with van der Waals surface area (Å²) in [4.78, 5) is 7.20. The minimum Gasteiger partial charge on any atom is -0.361 e. The van der Waals surface area contributed by atoms with Gasteiger partial charge in [-0.25, -0.2) is 4.39 Å². The van der Waals surface area contributed by atoms with Crippen LogP contribution in [0.5, 0.6) is 0 Å². The Morgan fingerprint density at radius 2 is 2.30 bits per heavy atom. The second-order valence-corrected chi connectivity index (χ2v) is 4.42. The maximum atomic E-state index is 13.1. The molecule has 1 aromatic heterocycles. The molecule has 2 aromatic rings. The van der Waals surface area contributed by atoms with Gasteiger partial charge in [0.15, 0.2) is 5.96 Å². The van der Waals surface area contributed by atoms with Gasteiger partial charge in [-0.15, -0.1) is 6.58 Å². The Balaban J connectivity index is 1.94. The molecule has 3 N–H and O–H groups in total. The van der Waals surface area contributed by atoms with E-state index in [-0.39, 0.29) is 5.82 Å². The van der Waals surface area contributed by atoms with Gasteiger partial charge in [-0.05, 0) is 30.2 Å². The Morgan fingerprint density at radius 1 is 1.45 bits per heavy atom. The summed E-state index contributed by atoms with van der Waals surface area (Å²) in [6.07, 6.45) is 4.53. The average molecular weight is 274 g/mol. The molecule has 1 heterocycles. The number of guanidine groups is 1. The van der Waals surface area contributed by atoms with E-state index in [4.69, 9.17) is 0 Å². The number of aromatic nitrogens is 1. The predicted molar refractivity (Wildman–Crippen MR) is 81.5 cm³/mol. The number of nitrogens with zero attached hydrogens (tertiary/aromatic N) is 1. The standard InChI is InChI=1S/C15H19FN4/c1-3-7-18-15(17-2)19-8-6-11-10-20-14-9-12(16)4-5-13(11)14/h3-5,9-10,20H,1,6-8H2,2H3,(H2,17,18,19). The van der Waals surface area contributed by atoms with Gasteiger partial charge in [0.05, 0.1) is 0 Å². The lowest BCUT2D eigenvalue weighted by Gasteiger charge is -2.09. The third kappa shape index (κ3) is 3.38. The van der Waals surface area contributed by atoms with Crippen LogP contribution < -0.4 is 10.6 Å². The zero-order valence-electron chi connectivity index (χ0n) is 11.5. The van der Waals surface area contributed by atoms with Crippen molar-refractivity contribution < 1.29 is 4.39 Å². The van der Waals surface area contributed by atoms with Gasteiger partial charge in [0.1, 0.15) is 5.82 Å². The fourth-order valence-electron chi connectivity index (χ4n) is 2.07. The number of fused-ring (bicyclic) bond motifs is 1. The second-order valence-electron chi connectivity index (χ2n) is 4.42. The van der Waals surface area contributed by atoms with Crippen molar-refractivity contribution in [2.75, 3.05) is 20.1 Å². The van der Waals surface area contributed by atoms with Gasteiger partial charge in [0, 0.05) is 37.2 Å². The highest BCUT2D eigenvalue weighted by Crippen LogP contribution is 2.19. The number of halogens is 1. The summed E-state index contributed by atoms with van der Waals surface area (Å²) in [6.45, 7) is 5.07. The van der Waals surface area contributed by atoms with Crippen LogP contribution in [0.15, 0.2) is 42.0 Å². The van der Waals surface area contributed by atoms with E-state index in [1.54, 1.807) is 19.2 Å². The highest BCUT2D eigenvalue weighted by Gasteiger charge is 2.04. The van der Waals surface area contributed by atoms with Gasteiger partial charge in [-0.1, -0.05) is 6.08 Å². The van der Waals surface area contributed by atoms with Gasteiger partial charge in [0.25, 0.3) is 0 Å². The molecule has 20 heavy (non-hydrogen) atoms. The highest BCUT2D eigenvalue weighted by atomic mass is 19.1. The molecule has 0 amide bonds. The summed E-state index contributed by atoms with van der Waals surface area (Å²) in [5.74, 6) is 0.522. The van der Waals surface area contributed by atoms with E-state index in [1.807, 2.05) is 6.20 Å². The van der Waals surface area contributed by atoms with E-state index in [1.165, 1.54) is 12.1 Å². The molecule has 0 saturated carbocycles. The molecule has 1 aromatic carbocycles. The number of nitrogens with one attached hydrogen (secondary N) is 3. The third-order valence-electron chi connectivity index (χ3n) is 3.05. The number of H-pyrrole nitrogens is 1. The number of benzene rings is 1. The van der Waals surface area contributed by atoms with Crippen molar-refractivity contribution in [3.05, 3.63) is 48.4 Å². The molecule has 0 atom stereocenters. The van der Waals surface area contributed by atoms with Crippen molar-refractivity contribution in [3.8, 4) is 0 Å². The van der Waals surface area contributed by atoms with Gasteiger partial charge in [-0.2, -0.15) is 0 Å². The average Bonchev–Trinajstić information content (AvgIpc) is 2.85. The zero-order chi connectivity index (χ0) is 14.4. The summed E-state index contributed by atoms with van der Waals surface area (Å²) in [6, 6.07) is 4.80. The summed E-state index contributed by atoms with van der Waals surface area (Å²) < 4.78 is 13.1. The number of aliphatic imine (C=N–C) groups is 1. The first-order chi connectivity index (χ1) is 9.74. The van der Waals surface area contributed by atoms with E-state index in [0.717, 1.165) is 35.4 Å². The van der Waals surface area contributed by atoms with Crippen LogP contribution in [0.2, 0.25) is 0 Å². The Labute approximate surface area is 117 Å². The van der Waals surface area contributed by atoms with Gasteiger partial charge < -0.3 is 15.6 Å². The van der Waals surface area contributed by atoms with Gasteiger partial charge in [-0.3, -0.25) is 4.99 Å². The van der Waals surface area contributed by atoms with Crippen molar-refractivity contribution in [2.45, 2.75) is 6.42 Å². The molecular formula is C15H19FN4. The molecule has 0 aliphatic carbocycles. The van der Waals surface area contributed by atoms with Crippen LogP contribution in [0.3, 0.4) is 0 Å². The van der Waals surface area contributed by atoms with E-state index < -0.39 is 0 Å². The fraction of sp³-hybridized carbons (Fsp3) is 0.267. The molecule has 0 aliphatic rings. The van der Waals surface area contributed by atoms with Crippen LogP contribution >= 0.6 is 0 Å². The monoisotopic (exact) mass is 274 g/mol. The Morgan fingerprint density at radius 3 is 3.05 bits per heavy atom. The maximum Gasteiger partial charge on any atom is 0.191 e. The summed E-state index contributed by atoms with van der Waals surface area (Å²) in [5.41, 5.74) is 1.99. The second kappa shape index (κ2) is 6.75. The minimum absolute atomic E-state index is 0.224. The molecular weight excluding hydrogens is 255 g/mol. The van der Waals surface area contributed by atoms with Crippen LogP contribution in [0.4, 0.5) is 4.39 Å². The zero-order valence-corrected chi connectivity index (χ0v) is 11.5. The van der Waals surface area contributed by atoms with Gasteiger partial charge >= 0.3 is 0 Å². The van der Waals surface area contributed by atoms with Crippen molar-refractivity contribution in [3.63, 3.8) is 0 Å². The molecule has 0 aliphatic heterocycles. The number of hydrogen-bond acceptors (Lipinski definition) is 1. The SMILES string of the molecule is C=CCNC(=NC)NCCc1c[nH]c2cc(F)ccc12. The molecule has 106 valence electrons. The van der Waals surface area contributed by atoms with Crippen LogP contribution in [-0.2, 0) is 6.42 Å². The first kappa shape index (κ1) is 14.1. The molecule has 2 rings (SSSR count). The first-order valence-corrected chi connectivity index (χ1v) is 6.55. The topological polar surface area (TPSA) is 52.2 Å². The van der Waals surface area contributed by atoms with Crippen molar-refractivity contribution in [2.24, 2.45) is 4.99 Å². The number of aromatic amines is 1. The van der Waals surface area contributed by atoms with Gasteiger partial charge in [0.2, 0.25) is 0 Å². The lowest BCUT2D eigenvalue weighted by Crippen LogP contribution is -2.38. The van der Waals surface area contributed by atoms with Crippen LogP contribution in [-0.4, -0.2) is 31.1 Å². The van der Waals surface area contributed by atoms with E-state index >= 15 is 0 Å². The Hall–Kier alpha value is -2.30. The molecule has 0 radical (unpaired) electrons. The summed E-state index contributed by atoms with van der Waals surface area (Å²) in [5, 5.41) is 7.39. The van der Waals surface area contributed by atoms with Crippen molar-refractivity contribution in [1.29, 1.82) is 0 Å². The van der Waals surface area contributed by atoms with Crippen LogP contribution in [0.25, 0.3) is 10.9 Å². The molecule has 5 heteroatoms. The normalized spacial score (nSPS) is 11.6. The molecule has 0 bridgehead atoms. The van der Waals surface area contributed by atoms with Crippen LogP contribution in [0, 0.1) is 5.82 Å². The number of rotatable bonds is 5. The lowest BCUT2D eigenvalue weighted by molar-refractivity contribution is 0.629.